The summed E-state index contributed by atoms with van der Waals surface area (Å²) in [7, 11) is 0. The van der Waals surface area contributed by atoms with Gasteiger partial charge in [0, 0.05) is 25.0 Å². The number of alkyl halides is 1. The van der Waals surface area contributed by atoms with Crippen LogP contribution in [0.2, 0.25) is 0 Å². The van der Waals surface area contributed by atoms with Crippen LogP contribution in [0.1, 0.15) is 20.3 Å². The molecule has 2 bridgehead atoms. The molecule has 0 amide bonds. The highest BCUT2D eigenvalue weighted by molar-refractivity contribution is 5.00. The Morgan fingerprint density at radius 3 is 2.92 bits per heavy atom. The normalized spacial score (nSPS) is 42.5. The number of hydrogen-bond donors (Lipinski definition) is 0. The van der Waals surface area contributed by atoms with Crippen molar-refractivity contribution < 1.29 is 9.13 Å². The molecule has 2 aliphatic heterocycles. The molecule has 0 N–H and O–H groups in total. The lowest BCUT2D eigenvalue weighted by Gasteiger charge is -2.27. The first kappa shape index (κ1) is 8.45. The molecule has 2 fully saturated rings. The zero-order valence-corrected chi connectivity index (χ0v) is 7.72. The molecule has 2 saturated heterocycles. The molecule has 2 rings (SSSR count). The minimum Gasteiger partial charge on any atom is -0.376 e. The van der Waals surface area contributed by atoms with E-state index in [9.17, 15) is 4.39 Å². The van der Waals surface area contributed by atoms with E-state index in [1.807, 2.05) is 0 Å². The predicted octanol–water partition coefficient (Wildman–Crippen LogP) is 1.21. The van der Waals surface area contributed by atoms with Crippen LogP contribution in [0.25, 0.3) is 0 Å². The van der Waals surface area contributed by atoms with E-state index in [4.69, 9.17) is 4.74 Å². The van der Waals surface area contributed by atoms with E-state index >= 15 is 0 Å². The summed E-state index contributed by atoms with van der Waals surface area (Å²) in [4.78, 5) is 2.22. The molecule has 2 atom stereocenters. The zero-order chi connectivity index (χ0) is 8.77. The molecule has 0 spiro atoms. The Morgan fingerprint density at radius 2 is 2.33 bits per heavy atom. The Bertz CT molecular complexity index is 185. The lowest BCUT2D eigenvalue weighted by atomic mass is 10.0. The van der Waals surface area contributed by atoms with Gasteiger partial charge in [0.15, 0.2) is 0 Å². The van der Waals surface area contributed by atoms with Gasteiger partial charge in [-0.15, -0.1) is 0 Å². The van der Waals surface area contributed by atoms with Gasteiger partial charge in [0.1, 0.15) is 5.67 Å². The van der Waals surface area contributed by atoms with E-state index in [0.717, 1.165) is 0 Å². The third kappa shape index (κ3) is 1.25. The van der Waals surface area contributed by atoms with Gasteiger partial charge in [-0.25, -0.2) is 4.39 Å². The first-order chi connectivity index (χ1) is 5.61. The lowest BCUT2D eigenvalue weighted by molar-refractivity contribution is -0.00930. The quantitative estimate of drug-likeness (QED) is 0.591. The lowest BCUT2D eigenvalue weighted by Crippen LogP contribution is -2.37. The van der Waals surface area contributed by atoms with E-state index in [-0.39, 0.29) is 0 Å². The largest absolute Gasteiger partial charge is 0.376 e. The standard InChI is InChI=1S/C9H16FNO/c1-7(2)11-5-9(10)3-8(11)4-12-6-9/h7-8H,3-6H2,1-2H3. The fraction of sp³-hybridized carbons (Fsp3) is 1.00. The van der Waals surface area contributed by atoms with Crippen LogP contribution in [0.5, 0.6) is 0 Å². The highest BCUT2D eigenvalue weighted by atomic mass is 19.1. The summed E-state index contributed by atoms with van der Waals surface area (Å²) < 4.78 is 19.0. The zero-order valence-electron chi connectivity index (χ0n) is 7.72. The Balaban J connectivity index is 2.12. The molecule has 3 heteroatoms. The van der Waals surface area contributed by atoms with Gasteiger partial charge in [-0.05, 0) is 13.8 Å². The molecular formula is C9H16FNO. The number of nitrogens with zero attached hydrogens (tertiary/aromatic N) is 1. The maximum Gasteiger partial charge on any atom is 0.148 e. The molecular weight excluding hydrogens is 157 g/mol. The van der Waals surface area contributed by atoms with E-state index in [1.54, 1.807) is 0 Å². The number of ether oxygens (including phenoxy) is 1. The van der Waals surface area contributed by atoms with Crippen LogP contribution in [0, 0.1) is 0 Å². The third-order valence-corrected chi connectivity index (χ3v) is 2.87. The molecule has 12 heavy (non-hydrogen) atoms. The SMILES string of the molecule is CC(C)N1CC2(F)COCC1C2. The molecule has 70 valence electrons. The Kier molecular flexibility index (Phi) is 1.88. The number of rotatable bonds is 1. The summed E-state index contributed by atoms with van der Waals surface area (Å²) in [6, 6.07) is 0.762. The molecule has 2 unspecified atom stereocenters. The minimum atomic E-state index is -1.05. The van der Waals surface area contributed by atoms with Crippen LogP contribution < -0.4 is 0 Å². The molecule has 2 nitrogen and oxygen atoms in total. The molecule has 0 radical (unpaired) electrons. The minimum absolute atomic E-state index is 0.298. The van der Waals surface area contributed by atoms with Gasteiger partial charge in [-0.3, -0.25) is 4.90 Å². The van der Waals surface area contributed by atoms with Gasteiger partial charge in [0.05, 0.1) is 13.2 Å². The maximum atomic E-state index is 13.8. The second-order valence-electron chi connectivity index (χ2n) is 4.29. The smallest absolute Gasteiger partial charge is 0.148 e. The average molecular weight is 173 g/mol. The van der Waals surface area contributed by atoms with Gasteiger partial charge in [0.25, 0.3) is 0 Å². The number of halogens is 1. The molecule has 2 aliphatic rings. The van der Waals surface area contributed by atoms with E-state index in [2.05, 4.69) is 18.7 Å². The molecule has 0 aromatic carbocycles. The molecule has 0 aromatic heterocycles. The van der Waals surface area contributed by atoms with Crippen molar-refractivity contribution in [2.24, 2.45) is 0 Å². The van der Waals surface area contributed by atoms with Crippen LogP contribution in [0.15, 0.2) is 0 Å². The summed E-state index contributed by atoms with van der Waals surface area (Å²) in [5, 5.41) is 0. The Hall–Kier alpha value is -0.150. The first-order valence-corrected chi connectivity index (χ1v) is 4.63. The predicted molar refractivity (Wildman–Crippen MR) is 44.9 cm³/mol. The van der Waals surface area contributed by atoms with Gasteiger partial charge < -0.3 is 4.74 Å². The van der Waals surface area contributed by atoms with Crippen LogP contribution in [0.4, 0.5) is 4.39 Å². The average Bonchev–Trinajstić information content (AvgIpc) is 2.22. The van der Waals surface area contributed by atoms with Crippen molar-refractivity contribution >= 4 is 0 Å². The van der Waals surface area contributed by atoms with Gasteiger partial charge >= 0.3 is 0 Å². The highest BCUT2D eigenvalue weighted by Crippen LogP contribution is 2.35. The monoisotopic (exact) mass is 173 g/mol. The van der Waals surface area contributed by atoms with Gasteiger partial charge in [-0.1, -0.05) is 0 Å². The molecule has 2 heterocycles. The van der Waals surface area contributed by atoms with Gasteiger partial charge in [-0.2, -0.15) is 0 Å². The van der Waals surface area contributed by atoms with Crippen molar-refractivity contribution in [2.45, 2.75) is 38.0 Å². The fourth-order valence-corrected chi connectivity index (χ4v) is 2.30. The fourth-order valence-electron chi connectivity index (χ4n) is 2.30. The van der Waals surface area contributed by atoms with Crippen molar-refractivity contribution in [3.63, 3.8) is 0 Å². The molecule has 0 aromatic rings. The van der Waals surface area contributed by atoms with Crippen molar-refractivity contribution in [3.8, 4) is 0 Å². The van der Waals surface area contributed by atoms with Crippen LogP contribution in [0.3, 0.4) is 0 Å². The maximum absolute atomic E-state index is 13.8. The summed E-state index contributed by atoms with van der Waals surface area (Å²) in [5.74, 6) is 0. The Morgan fingerprint density at radius 1 is 1.58 bits per heavy atom. The second kappa shape index (κ2) is 2.67. The van der Waals surface area contributed by atoms with Crippen molar-refractivity contribution in [1.29, 1.82) is 0 Å². The topological polar surface area (TPSA) is 12.5 Å². The number of fused-ring (bicyclic) bond motifs is 2. The number of hydrogen-bond acceptors (Lipinski definition) is 2. The van der Waals surface area contributed by atoms with E-state index < -0.39 is 5.67 Å². The van der Waals surface area contributed by atoms with Crippen LogP contribution in [-0.2, 0) is 4.74 Å². The van der Waals surface area contributed by atoms with Crippen molar-refractivity contribution in [2.75, 3.05) is 19.8 Å². The number of likely N-dealkylation sites (tertiary alicyclic amines) is 1. The van der Waals surface area contributed by atoms with E-state index in [0.29, 0.717) is 38.3 Å². The summed E-state index contributed by atoms with van der Waals surface area (Å²) >= 11 is 0. The third-order valence-electron chi connectivity index (χ3n) is 2.87. The molecule has 0 saturated carbocycles. The Labute approximate surface area is 72.7 Å². The second-order valence-corrected chi connectivity index (χ2v) is 4.29. The molecule has 0 aliphatic carbocycles. The van der Waals surface area contributed by atoms with Crippen LogP contribution in [-0.4, -0.2) is 42.4 Å². The van der Waals surface area contributed by atoms with Crippen molar-refractivity contribution in [3.05, 3.63) is 0 Å². The summed E-state index contributed by atoms with van der Waals surface area (Å²) in [6.45, 7) is 5.81. The first-order valence-electron chi connectivity index (χ1n) is 4.63. The highest BCUT2D eigenvalue weighted by Gasteiger charge is 2.48. The van der Waals surface area contributed by atoms with E-state index in [1.165, 1.54) is 0 Å². The van der Waals surface area contributed by atoms with Crippen molar-refractivity contribution in [1.82, 2.24) is 4.90 Å². The summed E-state index contributed by atoms with van der Waals surface area (Å²) in [6.07, 6.45) is 0.672. The van der Waals surface area contributed by atoms with Crippen LogP contribution >= 0.6 is 0 Å². The summed E-state index contributed by atoms with van der Waals surface area (Å²) in [5.41, 5.74) is -1.05. The van der Waals surface area contributed by atoms with Gasteiger partial charge in [0.2, 0.25) is 0 Å².